The van der Waals surface area contributed by atoms with Gasteiger partial charge >= 0.3 is 6.09 Å². The monoisotopic (exact) mass is 268 g/mol. The van der Waals surface area contributed by atoms with E-state index in [1.54, 1.807) is 36.8 Å². The smallest absolute Gasteiger partial charge is 0.417 e. The molecule has 0 unspecified atom stereocenters. The second kappa shape index (κ2) is 4.65. The molecule has 0 bridgehead atoms. The summed E-state index contributed by atoms with van der Waals surface area (Å²) in [6, 6.07) is 6.93. The van der Waals surface area contributed by atoms with E-state index in [0.717, 1.165) is 21.5 Å². The second-order valence-electron chi connectivity index (χ2n) is 4.38. The molecule has 6 nitrogen and oxygen atoms in total. The minimum Gasteiger partial charge on any atom is -0.464 e. The number of fused-ring (bicyclic) bond motifs is 1. The molecule has 0 aromatic carbocycles. The molecule has 0 saturated carbocycles. The van der Waals surface area contributed by atoms with Gasteiger partial charge in [-0.25, -0.2) is 14.7 Å². The molecule has 0 aliphatic carbocycles. The first-order valence-corrected chi connectivity index (χ1v) is 6.04. The molecule has 2 N–H and O–H groups in total. The molecule has 0 fully saturated rings. The third-order valence-electron chi connectivity index (χ3n) is 2.98. The lowest BCUT2D eigenvalue weighted by Crippen LogP contribution is -2.24. The molecule has 3 heterocycles. The molecule has 0 aliphatic rings. The number of carboxylic acid groups (broad SMARTS) is 1. The van der Waals surface area contributed by atoms with Crippen molar-refractivity contribution in [2.45, 2.75) is 6.92 Å². The number of carbonyl (C=O) groups is 1. The first kappa shape index (κ1) is 12.2. The van der Waals surface area contributed by atoms with Gasteiger partial charge < -0.3 is 10.1 Å². The van der Waals surface area contributed by atoms with Gasteiger partial charge in [0.2, 0.25) is 0 Å². The maximum absolute atomic E-state index is 11.5. The Labute approximate surface area is 114 Å². The normalized spacial score (nSPS) is 10.7. The summed E-state index contributed by atoms with van der Waals surface area (Å²) in [4.78, 5) is 24.0. The van der Waals surface area contributed by atoms with Gasteiger partial charge in [-0.05, 0) is 25.1 Å². The third-order valence-corrected chi connectivity index (χ3v) is 2.98. The zero-order chi connectivity index (χ0) is 14.1. The van der Waals surface area contributed by atoms with Crippen molar-refractivity contribution in [2.24, 2.45) is 0 Å². The summed E-state index contributed by atoms with van der Waals surface area (Å²) in [5.74, 6) is 0.345. The quantitative estimate of drug-likeness (QED) is 0.748. The highest BCUT2D eigenvalue weighted by Crippen LogP contribution is 2.26. The Balaban J connectivity index is 2.12. The number of rotatable bonds is 2. The summed E-state index contributed by atoms with van der Waals surface area (Å²) in [6.45, 7) is 1.81. The number of H-pyrrole nitrogens is 1. The number of amides is 1. The first-order chi connectivity index (χ1) is 9.65. The molecule has 20 heavy (non-hydrogen) atoms. The topological polar surface area (TPSA) is 82.1 Å². The summed E-state index contributed by atoms with van der Waals surface area (Å²) in [7, 11) is 0. The van der Waals surface area contributed by atoms with E-state index in [2.05, 4.69) is 15.0 Å². The van der Waals surface area contributed by atoms with Crippen LogP contribution in [-0.2, 0) is 0 Å². The van der Waals surface area contributed by atoms with E-state index in [1.165, 1.54) is 0 Å². The van der Waals surface area contributed by atoms with E-state index in [4.69, 9.17) is 0 Å². The van der Waals surface area contributed by atoms with Gasteiger partial charge in [-0.15, -0.1) is 0 Å². The van der Waals surface area contributed by atoms with E-state index < -0.39 is 6.09 Å². The van der Waals surface area contributed by atoms with Crippen LogP contribution in [0, 0.1) is 6.92 Å². The van der Waals surface area contributed by atoms with E-state index in [9.17, 15) is 9.90 Å². The van der Waals surface area contributed by atoms with Gasteiger partial charge in [0, 0.05) is 35.7 Å². The van der Waals surface area contributed by atoms with Crippen LogP contribution in [-0.4, -0.2) is 26.2 Å². The van der Waals surface area contributed by atoms with Gasteiger partial charge in [-0.3, -0.25) is 4.98 Å². The van der Waals surface area contributed by atoms with Crippen LogP contribution in [0.3, 0.4) is 0 Å². The number of nitrogens with zero attached hydrogens (tertiary/aromatic N) is 3. The van der Waals surface area contributed by atoms with Crippen molar-refractivity contribution in [1.82, 2.24) is 15.0 Å². The Bertz CT molecular complexity index is 781. The number of aromatic nitrogens is 3. The second-order valence-corrected chi connectivity index (χ2v) is 4.38. The molecule has 0 aliphatic heterocycles. The highest BCUT2D eigenvalue weighted by atomic mass is 16.4. The van der Waals surface area contributed by atoms with Crippen molar-refractivity contribution >= 4 is 28.5 Å². The van der Waals surface area contributed by atoms with Crippen LogP contribution in [0.1, 0.15) is 5.69 Å². The van der Waals surface area contributed by atoms with Crippen molar-refractivity contribution < 1.29 is 9.90 Å². The fourth-order valence-corrected chi connectivity index (χ4v) is 2.07. The highest BCUT2D eigenvalue weighted by Gasteiger charge is 2.19. The molecule has 3 aromatic heterocycles. The minimum atomic E-state index is -1.09. The van der Waals surface area contributed by atoms with Gasteiger partial charge in [-0.1, -0.05) is 0 Å². The molecule has 3 rings (SSSR count). The fourth-order valence-electron chi connectivity index (χ4n) is 2.07. The maximum Gasteiger partial charge on any atom is 0.417 e. The number of aryl methyl sites for hydroxylation is 1. The molecule has 6 heteroatoms. The zero-order valence-corrected chi connectivity index (χ0v) is 10.7. The van der Waals surface area contributed by atoms with E-state index in [-0.39, 0.29) is 0 Å². The summed E-state index contributed by atoms with van der Waals surface area (Å²) >= 11 is 0. The van der Waals surface area contributed by atoms with Crippen molar-refractivity contribution in [2.75, 3.05) is 4.90 Å². The Hall–Kier alpha value is -2.89. The van der Waals surface area contributed by atoms with Crippen LogP contribution in [0.5, 0.6) is 0 Å². The number of aromatic amines is 1. The average Bonchev–Trinajstić information content (AvgIpc) is 2.86. The molecular weight excluding hydrogens is 256 g/mol. The van der Waals surface area contributed by atoms with Gasteiger partial charge in [-0.2, -0.15) is 0 Å². The Kier molecular flexibility index (Phi) is 2.83. The summed E-state index contributed by atoms with van der Waals surface area (Å²) < 4.78 is 0. The van der Waals surface area contributed by atoms with E-state index >= 15 is 0 Å². The number of hydrogen-bond donors (Lipinski definition) is 2. The predicted octanol–water partition coefficient (Wildman–Crippen LogP) is 3.08. The lowest BCUT2D eigenvalue weighted by Gasteiger charge is -2.18. The van der Waals surface area contributed by atoms with Crippen LogP contribution in [0.25, 0.3) is 10.9 Å². The zero-order valence-electron chi connectivity index (χ0n) is 10.7. The molecule has 0 spiro atoms. The molecule has 0 atom stereocenters. The van der Waals surface area contributed by atoms with Crippen molar-refractivity contribution in [3.63, 3.8) is 0 Å². The molecule has 100 valence electrons. The van der Waals surface area contributed by atoms with Crippen LogP contribution in [0.15, 0.2) is 42.9 Å². The third kappa shape index (κ3) is 2.07. The van der Waals surface area contributed by atoms with Crippen LogP contribution in [0.4, 0.5) is 16.3 Å². The SMILES string of the molecule is Cc1cc(N(C(=O)O)c2cc3[nH]ccc3cn2)ccn1. The number of anilines is 2. The van der Waals surface area contributed by atoms with Gasteiger partial charge in [0.25, 0.3) is 0 Å². The minimum absolute atomic E-state index is 0.345. The summed E-state index contributed by atoms with van der Waals surface area (Å²) in [6.07, 6.45) is 3.92. The molecule has 0 saturated heterocycles. The Morgan fingerprint density at radius 1 is 1.30 bits per heavy atom. The van der Waals surface area contributed by atoms with E-state index in [1.807, 2.05) is 13.0 Å². The number of nitrogens with one attached hydrogen (secondary N) is 1. The van der Waals surface area contributed by atoms with Crippen molar-refractivity contribution in [3.05, 3.63) is 48.5 Å². The molecule has 3 aromatic rings. The van der Waals surface area contributed by atoms with Crippen molar-refractivity contribution in [1.29, 1.82) is 0 Å². The standard InChI is InChI=1S/C14H12N4O2/c1-9-6-11(3-5-15-9)18(14(19)20)13-7-12-10(8-17-13)2-4-16-12/h2-8,16H,1H3,(H,19,20). The van der Waals surface area contributed by atoms with Gasteiger partial charge in [0.15, 0.2) is 0 Å². The Morgan fingerprint density at radius 2 is 2.15 bits per heavy atom. The first-order valence-electron chi connectivity index (χ1n) is 6.04. The fraction of sp³-hybridized carbons (Fsp3) is 0.0714. The van der Waals surface area contributed by atoms with Gasteiger partial charge in [0.05, 0.1) is 11.2 Å². The van der Waals surface area contributed by atoms with Crippen LogP contribution < -0.4 is 4.90 Å². The highest BCUT2D eigenvalue weighted by molar-refractivity contribution is 5.95. The molecular formula is C14H12N4O2. The Morgan fingerprint density at radius 3 is 2.90 bits per heavy atom. The van der Waals surface area contributed by atoms with Crippen LogP contribution in [0.2, 0.25) is 0 Å². The van der Waals surface area contributed by atoms with E-state index in [0.29, 0.717) is 11.5 Å². The van der Waals surface area contributed by atoms with Gasteiger partial charge in [0.1, 0.15) is 5.82 Å². The number of pyridine rings is 2. The predicted molar refractivity (Wildman–Crippen MR) is 75.2 cm³/mol. The average molecular weight is 268 g/mol. The number of hydrogen-bond acceptors (Lipinski definition) is 3. The lowest BCUT2D eigenvalue weighted by molar-refractivity contribution is 0.204. The lowest BCUT2D eigenvalue weighted by atomic mass is 10.3. The molecule has 1 amide bonds. The summed E-state index contributed by atoms with van der Waals surface area (Å²) in [5.41, 5.74) is 2.10. The summed E-state index contributed by atoms with van der Waals surface area (Å²) in [5, 5.41) is 10.4. The van der Waals surface area contributed by atoms with Crippen LogP contribution >= 0.6 is 0 Å². The maximum atomic E-state index is 11.5. The largest absolute Gasteiger partial charge is 0.464 e. The van der Waals surface area contributed by atoms with Crippen molar-refractivity contribution in [3.8, 4) is 0 Å². The molecule has 0 radical (unpaired) electrons.